The zero-order valence-electron chi connectivity index (χ0n) is 15.6. The number of carbonyl (C=O) groups excluding carboxylic acids is 1. The van der Waals surface area contributed by atoms with E-state index >= 15 is 0 Å². The summed E-state index contributed by atoms with van der Waals surface area (Å²) in [4.78, 5) is 23.9. The highest BCUT2D eigenvalue weighted by Gasteiger charge is 2.25. The number of aromatic amines is 1. The molecule has 1 fully saturated rings. The molecule has 0 saturated carbocycles. The van der Waals surface area contributed by atoms with Crippen LogP contribution in [0.3, 0.4) is 0 Å². The first kappa shape index (κ1) is 17.3. The van der Waals surface area contributed by atoms with Gasteiger partial charge in [0.15, 0.2) is 0 Å². The zero-order valence-corrected chi connectivity index (χ0v) is 15.6. The maximum absolute atomic E-state index is 11.8. The predicted molar refractivity (Wildman–Crippen MR) is 110 cm³/mol. The van der Waals surface area contributed by atoms with E-state index in [9.17, 15) is 4.79 Å². The van der Waals surface area contributed by atoms with Gasteiger partial charge in [0.05, 0.1) is 11.9 Å². The van der Waals surface area contributed by atoms with Gasteiger partial charge in [0.1, 0.15) is 5.65 Å². The molecule has 1 N–H and O–H groups in total. The number of nitrogens with zero attached hydrogens (tertiary/aromatic N) is 3. The van der Waals surface area contributed by atoms with Gasteiger partial charge in [-0.15, -0.1) is 0 Å². The number of H-pyrrole nitrogens is 1. The van der Waals surface area contributed by atoms with Gasteiger partial charge in [-0.05, 0) is 30.5 Å². The minimum absolute atomic E-state index is 0.0269. The quantitative estimate of drug-likeness (QED) is 0.719. The van der Waals surface area contributed by atoms with Crippen LogP contribution in [0.25, 0.3) is 22.2 Å². The molecule has 138 valence electrons. The topological polar surface area (TPSA) is 52.2 Å². The number of fused-ring (bicyclic) bond motifs is 1. The van der Waals surface area contributed by atoms with E-state index in [-0.39, 0.29) is 5.91 Å². The van der Waals surface area contributed by atoms with Gasteiger partial charge in [0.2, 0.25) is 5.91 Å². The number of rotatable bonds is 4. The molecule has 2 aromatic heterocycles. The highest BCUT2D eigenvalue weighted by molar-refractivity contribution is 5.95. The Morgan fingerprint density at radius 3 is 2.74 bits per heavy atom. The van der Waals surface area contributed by atoms with Gasteiger partial charge in [-0.2, -0.15) is 0 Å². The fourth-order valence-corrected chi connectivity index (χ4v) is 3.86. The summed E-state index contributed by atoms with van der Waals surface area (Å²) in [5, 5.41) is 1.13. The Labute approximate surface area is 159 Å². The first-order valence-electron chi connectivity index (χ1n) is 9.34. The summed E-state index contributed by atoms with van der Waals surface area (Å²) in [6.07, 6.45) is 7.25. The maximum atomic E-state index is 11.8. The molecule has 1 aliphatic rings. The van der Waals surface area contributed by atoms with Gasteiger partial charge in [0, 0.05) is 43.3 Å². The average Bonchev–Trinajstić information content (AvgIpc) is 3.16. The standard InChI is InChI=1S/C22H24N4O/c1-3-21(27)26-11-9-17(10-12-26)25(2)18-13-19-20(15-24-22(19)23-14-18)16-7-5-4-6-8-16/h3-8,13-15,17H,1,9-12H2,2H3,(H,23,24). The summed E-state index contributed by atoms with van der Waals surface area (Å²) in [5.74, 6) is 0.0269. The molecule has 0 unspecified atom stereocenters. The summed E-state index contributed by atoms with van der Waals surface area (Å²) in [5.41, 5.74) is 4.35. The number of hydrogen-bond donors (Lipinski definition) is 1. The van der Waals surface area contributed by atoms with E-state index in [0.717, 1.165) is 42.7 Å². The molecule has 0 bridgehead atoms. The summed E-state index contributed by atoms with van der Waals surface area (Å²) in [6.45, 7) is 5.13. The van der Waals surface area contributed by atoms with E-state index in [2.05, 4.69) is 58.8 Å². The van der Waals surface area contributed by atoms with Crippen LogP contribution in [-0.4, -0.2) is 47.0 Å². The molecule has 27 heavy (non-hydrogen) atoms. The van der Waals surface area contributed by atoms with Gasteiger partial charge >= 0.3 is 0 Å². The van der Waals surface area contributed by atoms with Crippen molar-refractivity contribution in [3.05, 3.63) is 61.4 Å². The molecule has 0 aliphatic carbocycles. The maximum Gasteiger partial charge on any atom is 0.245 e. The molecule has 3 heterocycles. The molecule has 5 heteroatoms. The lowest BCUT2D eigenvalue weighted by Gasteiger charge is -2.37. The molecule has 4 rings (SSSR count). The molecule has 0 spiro atoms. The first-order valence-corrected chi connectivity index (χ1v) is 9.34. The molecule has 0 radical (unpaired) electrons. The first-order chi connectivity index (χ1) is 13.2. The molecular formula is C22H24N4O. The van der Waals surface area contributed by atoms with Crippen LogP contribution in [0.2, 0.25) is 0 Å². The number of likely N-dealkylation sites (tertiary alicyclic amines) is 1. The number of pyridine rings is 1. The van der Waals surface area contributed by atoms with Crippen LogP contribution in [0.1, 0.15) is 12.8 Å². The van der Waals surface area contributed by atoms with Crippen molar-refractivity contribution in [2.75, 3.05) is 25.0 Å². The number of benzene rings is 1. The Bertz CT molecular complexity index is 955. The van der Waals surface area contributed by atoms with Crippen LogP contribution >= 0.6 is 0 Å². The lowest BCUT2D eigenvalue weighted by atomic mass is 10.0. The molecule has 5 nitrogen and oxygen atoms in total. The van der Waals surface area contributed by atoms with Crippen molar-refractivity contribution < 1.29 is 4.79 Å². The smallest absolute Gasteiger partial charge is 0.245 e. The summed E-state index contributed by atoms with van der Waals surface area (Å²) in [7, 11) is 2.12. The Morgan fingerprint density at radius 2 is 2.04 bits per heavy atom. The minimum atomic E-state index is 0.0269. The van der Waals surface area contributed by atoms with Gasteiger partial charge in [-0.25, -0.2) is 4.98 Å². The largest absolute Gasteiger partial charge is 0.370 e. The summed E-state index contributed by atoms with van der Waals surface area (Å²) >= 11 is 0. The van der Waals surface area contributed by atoms with E-state index in [4.69, 9.17) is 0 Å². The third kappa shape index (κ3) is 3.33. The number of nitrogens with one attached hydrogen (secondary N) is 1. The third-order valence-electron chi connectivity index (χ3n) is 5.51. The van der Waals surface area contributed by atoms with Gasteiger partial charge in [-0.1, -0.05) is 36.9 Å². The fraction of sp³-hybridized carbons (Fsp3) is 0.273. The molecule has 0 atom stereocenters. The van der Waals surface area contributed by atoms with Crippen LogP contribution in [0.5, 0.6) is 0 Å². The number of piperidine rings is 1. The summed E-state index contributed by atoms with van der Waals surface area (Å²) < 4.78 is 0. The van der Waals surface area contributed by atoms with E-state index in [1.807, 2.05) is 23.4 Å². The molecule has 1 aromatic carbocycles. The SMILES string of the molecule is C=CC(=O)N1CCC(N(C)c2cnc3[nH]cc(-c4ccccc4)c3c2)CC1. The van der Waals surface area contributed by atoms with Crippen molar-refractivity contribution >= 4 is 22.6 Å². The van der Waals surface area contributed by atoms with Gasteiger partial charge in [0.25, 0.3) is 0 Å². The van der Waals surface area contributed by atoms with Crippen LogP contribution < -0.4 is 4.90 Å². The Morgan fingerprint density at radius 1 is 1.30 bits per heavy atom. The van der Waals surface area contributed by atoms with Gasteiger partial charge < -0.3 is 14.8 Å². The molecule has 1 aliphatic heterocycles. The van der Waals surface area contributed by atoms with Gasteiger partial charge in [-0.3, -0.25) is 4.79 Å². The second kappa shape index (κ2) is 7.27. The van der Waals surface area contributed by atoms with Crippen molar-refractivity contribution in [3.8, 4) is 11.1 Å². The Kier molecular flexibility index (Phi) is 4.67. The third-order valence-corrected chi connectivity index (χ3v) is 5.51. The van der Waals surface area contributed by atoms with E-state index in [1.165, 1.54) is 17.2 Å². The number of carbonyl (C=O) groups is 1. The van der Waals surface area contributed by atoms with Crippen molar-refractivity contribution in [2.24, 2.45) is 0 Å². The number of aromatic nitrogens is 2. The highest BCUT2D eigenvalue weighted by Crippen LogP contribution is 2.31. The van der Waals surface area contributed by atoms with Crippen molar-refractivity contribution in [2.45, 2.75) is 18.9 Å². The second-order valence-electron chi connectivity index (χ2n) is 7.03. The second-order valence-corrected chi connectivity index (χ2v) is 7.03. The fourth-order valence-electron chi connectivity index (χ4n) is 3.86. The molecule has 3 aromatic rings. The Hall–Kier alpha value is -3.08. The zero-order chi connectivity index (χ0) is 18.8. The van der Waals surface area contributed by atoms with Crippen LogP contribution in [-0.2, 0) is 4.79 Å². The van der Waals surface area contributed by atoms with E-state index in [0.29, 0.717) is 6.04 Å². The van der Waals surface area contributed by atoms with Crippen molar-refractivity contribution in [1.29, 1.82) is 0 Å². The predicted octanol–water partition coefficient (Wildman–Crippen LogP) is 3.84. The molecular weight excluding hydrogens is 336 g/mol. The lowest BCUT2D eigenvalue weighted by Crippen LogP contribution is -2.45. The molecule has 1 amide bonds. The Balaban J connectivity index is 1.57. The van der Waals surface area contributed by atoms with Crippen molar-refractivity contribution in [3.63, 3.8) is 0 Å². The van der Waals surface area contributed by atoms with E-state index in [1.54, 1.807) is 0 Å². The number of hydrogen-bond acceptors (Lipinski definition) is 3. The average molecular weight is 360 g/mol. The lowest BCUT2D eigenvalue weighted by molar-refractivity contribution is -0.126. The number of anilines is 1. The van der Waals surface area contributed by atoms with Crippen LogP contribution in [0.15, 0.2) is 61.4 Å². The highest BCUT2D eigenvalue weighted by atomic mass is 16.2. The van der Waals surface area contributed by atoms with Crippen molar-refractivity contribution in [1.82, 2.24) is 14.9 Å². The molecule has 1 saturated heterocycles. The normalized spacial score (nSPS) is 15.1. The van der Waals surface area contributed by atoms with Crippen LogP contribution in [0.4, 0.5) is 5.69 Å². The summed E-state index contributed by atoms with van der Waals surface area (Å²) in [6, 6.07) is 13.0. The minimum Gasteiger partial charge on any atom is -0.370 e. The van der Waals surface area contributed by atoms with Crippen LogP contribution in [0, 0.1) is 0 Å². The van der Waals surface area contributed by atoms with E-state index < -0.39 is 0 Å². The number of amides is 1. The monoisotopic (exact) mass is 360 g/mol.